The molecular weight excluding hydrogens is 266 g/mol. The van der Waals surface area contributed by atoms with E-state index in [4.69, 9.17) is 10.6 Å². The SMILES string of the molecule is CCc1nc(NN)c(C)c(NC2COc3ccccc32)n1. The van der Waals surface area contributed by atoms with E-state index in [-0.39, 0.29) is 6.04 Å². The predicted molar refractivity (Wildman–Crippen MR) is 82.3 cm³/mol. The van der Waals surface area contributed by atoms with E-state index in [1.54, 1.807) is 0 Å². The zero-order valence-corrected chi connectivity index (χ0v) is 12.2. The van der Waals surface area contributed by atoms with Crippen molar-refractivity contribution in [2.75, 3.05) is 17.3 Å². The van der Waals surface area contributed by atoms with Crippen LogP contribution in [0.2, 0.25) is 0 Å². The summed E-state index contributed by atoms with van der Waals surface area (Å²) in [6, 6.07) is 8.13. The third kappa shape index (κ3) is 2.50. The standard InChI is InChI=1S/C15H19N5O/c1-3-13-18-14(9(2)15(19-13)20-16)17-11-8-21-12-7-5-4-6-10(11)12/h4-7,11H,3,8,16H2,1-2H3,(H2,17,18,19,20). The number of ether oxygens (including phenoxy) is 1. The fraction of sp³-hybridized carbons (Fsp3) is 0.333. The zero-order chi connectivity index (χ0) is 14.8. The summed E-state index contributed by atoms with van der Waals surface area (Å²) in [4.78, 5) is 8.93. The van der Waals surface area contributed by atoms with Crippen LogP contribution in [0.1, 0.15) is 29.9 Å². The van der Waals surface area contributed by atoms with Crippen LogP contribution < -0.4 is 21.3 Å². The maximum absolute atomic E-state index is 5.69. The molecule has 0 bridgehead atoms. The lowest BCUT2D eigenvalue weighted by Crippen LogP contribution is -2.18. The lowest BCUT2D eigenvalue weighted by Gasteiger charge is -2.17. The Kier molecular flexibility index (Phi) is 3.62. The molecule has 3 rings (SSSR count). The number of anilines is 2. The molecule has 110 valence electrons. The van der Waals surface area contributed by atoms with Crippen molar-refractivity contribution >= 4 is 11.6 Å². The summed E-state index contributed by atoms with van der Waals surface area (Å²) in [5.41, 5.74) is 4.68. The van der Waals surface area contributed by atoms with Crippen LogP contribution in [0.3, 0.4) is 0 Å². The summed E-state index contributed by atoms with van der Waals surface area (Å²) < 4.78 is 5.69. The topological polar surface area (TPSA) is 85.1 Å². The summed E-state index contributed by atoms with van der Waals surface area (Å²) in [7, 11) is 0. The molecule has 1 unspecified atom stereocenters. The Morgan fingerprint density at radius 1 is 1.29 bits per heavy atom. The number of aryl methyl sites for hydroxylation is 1. The molecule has 4 N–H and O–H groups in total. The first-order valence-electron chi connectivity index (χ1n) is 7.05. The van der Waals surface area contributed by atoms with Crippen molar-refractivity contribution in [3.05, 3.63) is 41.2 Å². The van der Waals surface area contributed by atoms with Crippen molar-refractivity contribution in [1.82, 2.24) is 9.97 Å². The Morgan fingerprint density at radius 2 is 2.05 bits per heavy atom. The van der Waals surface area contributed by atoms with Crippen LogP contribution in [0.15, 0.2) is 24.3 Å². The van der Waals surface area contributed by atoms with Gasteiger partial charge in [0.05, 0.1) is 6.04 Å². The first-order chi connectivity index (χ1) is 10.2. The molecule has 1 aromatic carbocycles. The molecule has 0 spiro atoms. The van der Waals surface area contributed by atoms with E-state index in [1.165, 1.54) is 0 Å². The molecule has 0 saturated heterocycles. The summed E-state index contributed by atoms with van der Waals surface area (Å²) in [5, 5.41) is 3.44. The fourth-order valence-electron chi connectivity index (χ4n) is 2.45. The summed E-state index contributed by atoms with van der Waals surface area (Å²) in [6.07, 6.45) is 0.751. The molecule has 6 nitrogen and oxygen atoms in total. The molecule has 1 aliphatic rings. The van der Waals surface area contributed by atoms with Crippen molar-refractivity contribution in [1.29, 1.82) is 0 Å². The Bertz CT molecular complexity index is 659. The van der Waals surface area contributed by atoms with E-state index in [0.717, 1.165) is 34.9 Å². The molecule has 0 fully saturated rings. The number of fused-ring (bicyclic) bond motifs is 1. The highest BCUT2D eigenvalue weighted by Gasteiger charge is 2.24. The van der Waals surface area contributed by atoms with Gasteiger partial charge in [0.15, 0.2) is 0 Å². The highest BCUT2D eigenvalue weighted by molar-refractivity contribution is 5.58. The van der Waals surface area contributed by atoms with E-state index >= 15 is 0 Å². The average Bonchev–Trinajstić information content (AvgIpc) is 2.92. The number of hydrogen-bond donors (Lipinski definition) is 3. The van der Waals surface area contributed by atoms with Crippen molar-refractivity contribution in [2.45, 2.75) is 26.3 Å². The van der Waals surface area contributed by atoms with Gasteiger partial charge in [-0.15, -0.1) is 0 Å². The number of aromatic nitrogens is 2. The number of nitrogens with zero attached hydrogens (tertiary/aromatic N) is 2. The number of nitrogens with one attached hydrogen (secondary N) is 2. The second kappa shape index (κ2) is 5.57. The van der Waals surface area contributed by atoms with Gasteiger partial charge in [-0.1, -0.05) is 25.1 Å². The van der Waals surface area contributed by atoms with Crippen molar-refractivity contribution in [3.8, 4) is 5.75 Å². The normalized spacial score (nSPS) is 16.2. The Hall–Kier alpha value is -2.34. The average molecular weight is 285 g/mol. The van der Waals surface area contributed by atoms with E-state index < -0.39 is 0 Å². The molecule has 1 aliphatic heterocycles. The highest BCUT2D eigenvalue weighted by atomic mass is 16.5. The van der Waals surface area contributed by atoms with Gasteiger partial charge in [-0.3, -0.25) is 0 Å². The lowest BCUT2D eigenvalue weighted by atomic mass is 10.1. The molecule has 21 heavy (non-hydrogen) atoms. The molecule has 2 heterocycles. The highest BCUT2D eigenvalue weighted by Crippen LogP contribution is 2.34. The Labute approximate surface area is 123 Å². The van der Waals surface area contributed by atoms with Crippen LogP contribution in [0.4, 0.5) is 11.6 Å². The van der Waals surface area contributed by atoms with Gasteiger partial charge in [-0.25, -0.2) is 15.8 Å². The van der Waals surface area contributed by atoms with Crippen molar-refractivity contribution in [3.63, 3.8) is 0 Å². The second-order valence-corrected chi connectivity index (χ2v) is 5.01. The molecule has 0 aliphatic carbocycles. The number of nitrogen functional groups attached to an aromatic ring is 1. The smallest absolute Gasteiger partial charge is 0.148 e. The van der Waals surface area contributed by atoms with Crippen LogP contribution in [0.5, 0.6) is 5.75 Å². The largest absolute Gasteiger partial charge is 0.491 e. The number of benzene rings is 1. The van der Waals surface area contributed by atoms with Gasteiger partial charge in [0.1, 0.15) is 29.8 Å². The summed E-state index contributed by atoms with van der Waals surface area (Å²) >= 11 is 0. The first kappa shape index (κ1) is 13.6. The molecule has 0 radical (unpaired) electrons. The molecule has 0 saturated carbocycles. The minimum atomic E-state index is 0.0881. The number of hydrogen-bond acceptors (Lipinski definition) is 6. The lowest BCUT2D eigenvalue weighted by molar-refractivity contribution is 0.339. The number of nitrogens with two attached hydrogens (primary N) is 1. The van der Waals surface area contributed by atoms with Gasteiger partial charge in [0.25, 0.3) is 0 Å². The van der Waals surface area contributed by atoms with Crippen LogP contribution in [0, 0.1) is 6.92 Å². The third-order valence-electron chi connectivity index (χ3n) is 3.66. The maximum atomic E-state index is 5.69. The van der Waals surface area contributed by atoms with Gasteiger partial charge in [-0.05, 0) is 13.0 Å². The molecular formula is C15H19N5O. The van der Waals surface area contributed by atoms with Gasteiger partial charge < -0.3 is 15.5 Å². The minimum Gasteiger partial charge on any atom is -0.491 e. The van der Waals surface area contributed by atoms with Crippen LogP contribution >= 0.6 is 0 Å². The number of para-hydroxylation sites is 1. The Morgan fingerprint density at radius 3 is 2.81 bits per heavy atom. The van der Waals surface area contributed by atoms with Crippen molar-refractivity contribution in [2.24, 2.45) is 5.84 Å². The van der Waals surface area contributed by atoms with Gasteiger partial charge in [0.2, 0.25) is 0 Å². The first-order valence-corrected chi connectivity index (χ1v) is 7.05. The molecule has 6 heteroatoms. The summed E-state index contributed by atoms with van der Waals surface area (Å²) in [5.74, 6) is 8.66. The molecule has 2 aromatic rings. The van der Waals surface area contributed by atoms with Crippen molar-refractivity contribution < 1.29 is 4.74 Å². The van der Waals surface area contributed by atoms with Crippen LogP contribution in [0.25, 0.3) is 0 Å². The fourth-order valence-corrected chi connectivity index (χ4v) is 2.45. The van der Waals surface area contributed by atoms with E-state index in [2.05, 4.69) is 26.8 Å². The Balaban J connectivity index is 1.92. The van der Waals surface area contributed by atoms with Crippen LogP contribution in [-0.2, 0) is 6.42 Å². The van der Waals surface area contributed by atoms with Crippen LogP contribution in [-0.4, -0.2) is 16.6 Å². The number of rotatable bonds is 4. The molecule has 0 amide bonds. The van der Waals surface area contributed by atoms with Gasteiger partial charge in [0, 0.05) is 17.5 Å². The van der Waals surface area contributed by atoms with E-state index in [9.17, 15) is 0 Å². The third-order valence-corrected chi connectivity index (χ3v) is 3.66. The van der Waals surface area contributed by atoms with Gasteiger partial charge in [-0.2, -0.15) is 0 Å². The molecule has 1 aromatic heterocycles. The van der Waals surface area contributed by atoms with E-state index in [1.807, 2.05) is 32.0 Å². The molecule has 1 atom stereocenters. The summed E-state index contributed by atoms with van der Waals surface area (Å²) in [6.45, 7) is 4.55. The second-order valence-electron chi connectivity index (χ2n) is 5.01. The maximum Gasteiger partial charge on any atom is 0.148 e. The quantitative estimate of drug-likeness (QED) is 0.590. The van der Waals surface area contributed by atoms with Gasteiger partial charge >= 0.3 is 0 Å². The predicted octanol–water partition coefficient (Wildman–Crippen LogP) is 2.18. The van der Waals surface area contributed by atoms with E-state index in [0.29, 0.717) is 12.4 Å². The monoisotopic (exact) mass is 285 g/mol. The zero-order valence-electron chi connectivity index (χ0n) is 12.2. The number of hydrazine groups is 1. The minimum absolute atomic E-state index is 0.0881.